The van der Waals surface area contributed by atoms with Gasteiger partial charge in [-0.25, -0.2) is 0 Å². The molecular formula is C15H21ClN4O2. The van der Waals surface area contributed by atoms with Crippen molar-refractivity contribution in [3.8, 4) is 0 Å². The second-order valence-corrected chi connectivity index (χ2v) is 5.95. The third-order valence-corrected chi connectivity index (χ3v) is 4.12. The number of nitrogens with zero attached hydrogens (tertiary/aromatic N) is 1. The first-order valence-electron chi connectivity index (χ1n) is 7.20. The Morgan fingerprint density at radius 2 is 2.14 bits per heavy atom. The molecule has 1 aromatic carbocycles. The van der Waals surface area contributed by atoms with Crippen molar-refractivity contribution in [2.45, 2.75) is 38.5 Å². The van der Waals surface area contributed by atoms with E-state index in [1.54, 1.807) is 12.1 Å². The summed E-state index contributed by atoms with van der Waals surface area (Å²) in [6.45, 7) is 2.56. The van der Waals surface area contributed by atoms with E-state index in [1.807, 2.05) is 6.07 Å². The van der Waals surface area contributed by atoms with Crippen LogP contribution in [0.25, 0.3) is 0 Å². The molecule has 120 valence electrons. The second-order valence-electron chi connectivity index (χ2n) is 5.52. The van der Waals surface area contributed by atoms with Gasteiger partial charge >= 0.3 is 0 Å². The molecule has 1 fully saturated rings. The predicted octanol–water partition coefficient (Wildman–Crippen LogP) is 0.363. The fourth-order valence-corrected chi connectivity index (χ4v) is 2.92. The van der Waals surface area contributed by atoms with Gasteiger partial charge in [-0.15, -0.1) is 0 Å². The van der Waals surface area contributed by atoms with Crippen LogP contribution >= 0.6 is 11.6 Å². The van der Waals surface area contributed by atoms with Gasteiger partial charge in [0.1, 0.15) is 6.04 Å². The molecule has 1 unspecified atom stereocenters. The van der Waals surface area contributed by atoms with Crippen molar-refractivity contribution in [3.05, 3.63) is 34.3 Å². The van der Waals surface area contributed by atoms with E-state index in [0.717, 1.165) is 11.1 Å². The van der Waals surface area contributed by atoms with E-state index in [1.165, 1.54) is 11.8 Å². The highest BCUT2D eigenvalue weighted by molar-refractivity contribution is 6.30. The first kappa shape index (κ1) is 16.7. The number of amides is 2. The lowest BCUT2D eigenvalue weighted by Crippen LogP contribution is -2.45. The highest BCUT2D eigenvalue weighted by Gasteiger charge is 2.36. The molecule has 2 rings (SSSR count). The third kappa shape index (κ3) is 3.76. The Labute approximate surface area is 134 Å². The molecule has 7 heteroatoms. The average Bonchev–Trinajstić information content (AvgIpc) is 2.87. The molecule has 0 spiro atoms. The summed E-state index contributed by atoms with van der Waals surface area (Å²) in [4.78, 5) is 25.4. The molecule has 1 saturated heterocycles. The summed E-state index contributed by atoms with van der Waals surface area (Å²) in [7, 11) is 0. The van der Waals surface area contributed by atoms with Crippen LogP contribution in [0.3, 0.4) is 0 Å². The molecule has 1 aromatic rings. The number of likely N-dealkylation sites (tertiary alicyclic amines) is 1. The minimum absolute atomic E-state index is 0.140. The standard InChI is InChI=1S/C15H21ClN4O2/c1-9(21)20-8-13(18)5-14(20)15(22)19-7-11-4-12(16)3-2-10(11)6-17/h2-4,13-14H,5-8,17-18H2,1H3,(H,19,22)/t13-,14?/m1/s1. The molecule has 1 heterocycles. The number of rotatable bonds is 4. The van der Waals surface area contributed by atoms with Gasteiger partial charge in [-0.1, -0.05) is 17.7 Å². The summed E-state index contributed by atoms with van der Waals surface area (Å²) in [5, 5.41) is 3.44. The van der Waals surface area contributed by atoms with Crippen LogP contribution in [0, 0.1) is 0 Å². The molecule has 0 saturated carbocycles. The zero-order valence-electron chi connectivity index (χ0n) is 12.5. The fraction of sp³-hybridized carbons (Fsp3) is 0.467. The number of nitrogens with two attached hydrogens (primary N) is 2. The Morgan fingerprint density at radius 1 is 1.41 bits per heavy atom. The summed E-state index contributed by atoms with van der Waals surface area (Å²) in [5.74, 6) is -0.343. The molecule has 0 aliphatic carbocycles. The molecule has 0 radical (unpaired) electrons. The molecule has 1 aliphatic heterocycles. The number of nitrogens with one attached hydrogen (secondary N) is 1. The quantitative estimate of drug-likeness (QED) is 0.744. The van der Waals surface area contributed by atoms with Crippen LogP contribution in [-0.2, 0) is 22.7 Å². The molecule has 1 aliphatic rings. The number of hydrogen-bond acceptors (Lipinski definition) is 4. The largest absolute Gasteiger partial charge is 0.350 e. The van der Waals surface area contributed by atoms with Crippen LogP contribution in [0.15, 0.2) is 18.2 Å². The monoisotopic (exact) mass is 324 g/mol. The Hall–Kier alpha value is -1.63. The first-order valence-corrected chi connectivity index (χ1v) is 7.58. The lowest BCUT2D eigenvalue weighted by molar-refractivity contribution is -0.136. The van der Waals surface area contributed by atoms with Crippen molar-refractivity contribution >= 4 is 23.4 Å². The van der Waals surface area contributed by atoms with Gasteiger partial charge in [-0.2, -0.15) is 0 Å². The van der Waals surface area contributed by atoms with Gasteiger partial charge in [0.25, 0.3) is 0 Å². The fourth-order valence-electron chi connectivity index (χ4n) is 2.72. The number of benzene rings is 1. The van der Waals surface area contributed by atoms with Crippen LogP contribution in [0.4, 0.5) is 0 Å². The minimum Gasteiger partial charge on any atom is -0.350 e. The number of carbonyl (C=O) groups is 2. The van der Waals surface area contributed by atoms with Crippen LogP contribution in [0.2, 0.25) is 5.02 Å². The van der Waals surface area contributed by atoms with Gasteiger partial charge in [0.15, 0.2) is 0 Å². The predicted molar refractivity (Wildman–Crippen MR) is 85.0 cm³/mol. The van der Waals surface area contributed by atoms with Gasteiger partial charge in [0, 0.05) is 37.6 Å². The maximum Gasteiger partial charge on any atom is 0.243 e. The molecule has 22 heavy (non-hydrogen) atoms. The first-order chi connectivity index (χ1) is 10.4. The van der Waals surface area contributed by atoms with Gasteiger partial charge < -0.3 is 21.7 Å². The normalized spacial score (nSPS) is 21.0. The SMILES string of the molecule is CC(=O)N1C[C@H](N)CC1C(=O)NCc1cc(Cl)ccc1CN. The van der Waals surface area contributed by atoms with Gasteiger partial charge in [0.2, 0.25) is 11.8 Å². The van der Waals surface area contributed by atoms with Crippen molar-refractivity contribution in [2.75, 3.05) is 6.54 Å². The molecule has 2 amide bonds. The van der Waals surface area contributed by atoms with Crippen molar-refractivity contribution in [1.82, 2.24) is 10.2 Å². The Kier molecular flexibility index (Phi) is 5.39. The Morgan fingerprint density at radius 3 is 2.77 bits per heavy atom. The summed E-state index contributed by atoms with van der Waals surface area (Å²) in [6, 6.07) is 4.73. The summed E-state index contributed by atoms with van der Waals surface area (Å²) in [6.07, 6.45) is 0.477. The van der Waals surface area contributed by atoms with Gasteiger partial charge in [-0.05, 0) is 29.7 Å². The van der Waals surface area contributed by atoms with Crippen molar-refractivity contribution < 1.29 is 9.59 Å². The van der Waals surface area contributed by atoms with Crippen LogP contribution < -0.4 is 16.8 Å². The van der Waals surface area contributed by atoms with E-state index in [2.05, 4.69) is 5.32 Å². The van der Waals surface area contributed by atoms with Crippen LogP contribution in [0.5, 0.6) is 0 Å². The van der Waals surface area contributed by atoms with Crippen LogP contribution in [-0.4, -0.2) is 35.3 Å². The van der Waals surface area contributed by atoms with E-state index < -0.39 is 6.04 Å². The van der Waals surface area contributed by atoms with Crippen LogP contribution in [0.1, 0.15) is 24.5 Å². The summed E-state index contributed by atoms with van der Waals surface area (Å²) in [5.41, 5.74) is 13.3. The Balaban J connectivity index is 2.04. The van der Waals surface area contributed by atoms with Gasteiger partial charge in [0.05, 0.1) is 0 Å². The summed E-state index contributed by atoms with van der Waals surface area (Å²) >= 11 is 5.98. The minimum atomic E-state index is -0.506. The van der Waals surface area contributed by atoms with Gasteiger partial charge in [-0.3, -0.25) is 9.59 Å². The van der Waals surface area contributed by atoms with E-state index in [0.29, 0.717) is 31.1 Å². The number of carbonyl (C=O) groups excluding carboxylic acids is 2. The topological polar surface area (TPSA) is 101 Å². The zero-order chi connectivity index (χ0) is 16.3. The lowest BCUT2D eigenvalue weighted by Gasteiger charge is -2.22. The maximum atomic E-state index is 12.3. The molecule has 5 N–H and O–H groups in total. The molecule has 0 aromatic heterocycles. The van der Waals surface area contributed by atoms with E-state index in [-0.39, 0.29) is 17.9 Å². The van der Waals surface area contributed by atoms with E-state index in [4.69, 9.17) is 23.1 Å². The summed E-state index contributed by atoms with van der Waals surface area (Å²) < 4.78 is 0. The van der Waals surface area contributed by atoms with E-state index in [9.17, 15) is 9.59 Å². The highest BCUT2D eigenvalue weighted by atomic mass is 35.5. The molecule has 6 nitrogen and oxygen atoms in total. The van der Waals surface area contributed by atoms with Crippen molar-refractivity contribution in [2.24, 2.45) is 11.5 Å². The molecule has 2 atom stereocenters. The molecule has 0 bridgehead atoms. The zero-order valence-corrected chi connectivity index (χ0v) is 13.3. The van der Waals surface area contributed by atoms with Crippen molar-refractivity contribution in [3.63, 3.8) is 0 Å². The number of halogens is 1. The second kappa shape index (κ2) is 7.09. The number of hydrogen-bond donors (Lipinski definition) is 3. The van der Waals surface area contributed by atoms with E-state index >= 15 is 0 Å². The molecular weight excluding hydrogens is 304 g/mol. The smallest absolute Gasteiger partial charge is 0.243 e. The Bertz CT molecular complexity index is 579. The lowest BCUT2D eigenvalue weighted by atomic mass is 10.1. The van der Waals surface area contributed by atoms with Crippen molar-refractivity contribution in [1.29, 1.82) is 0 Å². The highest BCUT2D eigenvalue weighted by Crippen LogP contribution is 2.18. The maximum absolute atomic E-state index is 12.3. The average molecular weight is 325 g/mol. The third-order valence-electron chi connectivity index (χ3n) is 3.88.